The van der Waals surface area contributed by atoms with Gasteiger partial charge in [0.1, 0.15) is 29.5 Å². The number of aromatic carboxylic acids is 1. The number of hydrogen-bond donors (Lipinski definition) is 2. The molecule has 0 spiro atoms. The normalized spacial score (nSPS) is 15.8. The molecular formula is C31H31FO5. The number of ketones is 1. The molecule has 2 N–H and O–H groups in total. The Balaban J connectivity index is 1.71. The van der Waals surface area contributed by atoms with E-state index in [4.69, 9.17) is 9.84 Å². The van der Waals surface area contributed by atoms with Crippen LogP contribution >= 0.6 is 0 Å². The number of hydrogen-bond acceptors (Lipinski definition) is 4. The van der Waals surface area contributed by atoms with Crippen LogP contribution in [0, 0.1) is 5.82 Å². The summed E-state index contributed by atoms with van der Waals surface area (Å²) in [5.74, 6) is -1.50. The Morgan fingerprint density at radius 3 is 2.30 bits per heavy atom. The summed E-state index contributed by atoms with van der Waals surface area (Å²) in [5, 5.41) is 19.0. The Labute approximate surface area is 216 Å². The summed E-state index contributed by atoms with van der Waals surface area (Å²) in [6.07, 6.45) is 4.89. The van der Waals surface area contributed by atoms with Gasteiger partial charge in [-0.15, -0.1) is 0 Å². The number of halogens is 1. The van der Waals surface area contributed by atoms with Crippen molar-refractivity contribution in [2.75, 3.05) is 0 Å². The SMILES string of the molecule is CC1(C)CCC(C)(C)c2c(OCc3ccc(F)cc3)cc(C(=O)/C=C/c3ccc(C(=O)O)c(O)c3)cc21. The smallest absolute Gasteiger partial charge is 0.339 e. The van der Waals surface area contributed by atoms with Crippen LogP contribution in [-0.2, 0) is 17.4 Å². The molecule has 0 unspecified atom stereocenters. The molecule has 0 amide bonds. The van der Waals surface area contributed by atoms with E-state index in [-0.39, 0.29) is 40.4 Å². The van der Waals surface area contributed by atoms with Gasteiger partial charge in [-0.1, -0.05) is 52.0 Å². The molecule has 0 aliphatic heterocycles. The first-order valence-corrected chi connectivity index (χ1v) is 12.2. The van der Waals surface area contributed by atoms with Crippen LogP contribution in [0.5, 0.6) is 11.5 Å². The summed E-state index contributed by atoms with van der Waals surface area (Å²) in [6.45, 7) is 8.94. The first-order valence-electron chi connectivity index (χ1n) is 12.2. The Kier molecular flexibility index (Phi) is 6.96. The van der Waals surface area contributed by atoms with Crippen molar-refractivity contribution in [2.24, 2.45) is 0 Å². The summed E-state index contributed by atoms with van der Waals surface area (Å²) >= 11 is 0. The third kappa shape index (κ3) is 5.58. The van der Waals surface area contributed by atoms with Crippen LogP contribution < -0.4 is 4.74 Å². The van der Waals surface area contributed by atoms with E-state index in [9.17, 15) is 19.1 Å². The molecular weight excluding hydrogens is 471 g/mol. The number of carboxylic acid groups (broad SMARTS) is 1. The number of allylic oxidation sites excluding steroid dienone is 1. The van der Waals surface area contributed by atoms with Crippen LogP contribution in [0.2, 0.25) is 0 Å². The predicted molar refractivity (Wildman–Crippen MR) is 141 cm³/mol. The molecule has 3 aromatic rings. The van der Waals surface area contributed by atoms with E-state index in [1.165, 1.54) is 36.4 Å². The second kappa shape index (κ2) is 9.85. The van der Waals surface area contributed by atoms with Gasteiger partial charge < -0.3 is 14.9 Å². The average molecular weight is 503 g/mol. The van der Waals surface area contributed by atoms with Crippen molar-refractivity contribution in [3.05, 3.63) is 99.9 Å². The Bertz CT molecular complexity index is 1380. The maximum atomic E-state index is 13.4. The molecule has 37 heavy (non-hydrogen) atoms. The fourth-order valence-corrected chi connectivity index (χ4v) is 4.83. The highest BCUT2D eigenvalue weighted by Gasteiger charge is 2.40. The molecule has 0 saturated heterocycles. The Hall–Kier alpha value is -3.93. The molecule has 0 aromatic heterocycles. The number of carbonyl (C=O) groups excluding carboxylic acids is 1. The molecule has 0 heterocycles. The standard InChI is InChI=1S/C31H31FO5/c1-30(2)13-14-31(3,4)28-24(30)16-21(17-27(28)37-18-20-5-9-22(32)10-6-20)25(33)12-8-19-7-11-23(29(35)36)26(34)15-19/h5-12,15-17,34H,13-14,18H2,1-4H3,(H,35,36)/b12-8+. The minimum Gasteiger partial charge on any atom is -0.507 e. The second-order valence-electron chi connectivity index (χ2n) is 10.9. The molecule has 0 radical (unpaired) electrons. The zero-order valence-electron chi connectivity index (χ0n) is 21.5. The molecule has 192 valence electrons. The van der Waals surface area contributed by atoms with Crippen LogP contribution in [0.1, 0.15) is 83.5 Å². The van der Waals surface area contributed by atoms with Gasteiger partial charge >= 0.3 is 5.97 Å². The minimum atomic E-state index is -1.23. The number of fused-ring (bicyclic) bond motifs is 1. The molecule has 6 heteroatoms. The summed E-state index contributed by atoms with van der Waals surface area (Å²) in [7, 11) is 0. The summed E-state index contributed by atoms with van der Waals surface area (Å²) in [5.41, 5.74) is 3.45. The molecule has 1 aliphatic rings. The highest BCUT2D eigenvalue weighted by molar-refractivity contribution is 6.07. The number of carbonyl (C=O) groups is 2. The zero-order valence-corrected chi connectivity index (χ0v) is 21.5. The van der Waals surface area contributed by atoms with E-state index < -0.39 is 5.97 Å². The van der Waals surface area contributed by atoms with Gasteiger partial charge in [0.15, 0.2) is 5.78 Å². The fourth-order valence-electron chi connectivity index (χ4n) is 4.83. The first kappa shape index (κ1) is 26.1. The van der Waals surface area contributed by atoms with E-state index >= 15 is 0 Å². The molecule has 0 bridgehead atoms. The van der Waals surface area contributed by atoms with E-state index in [2.05, 4.69) is 27.7 Å². The van der Waals surface area contributed by atoms with Crippen molar-refractivity contribution in [3.63, 3.8) is 0 Å². The number of carboxylic acids is 1. The Morgan fingerprint density at radius 1 is 0.973 bits per heavy atom. The van der Waals surface area contributed by atoms with Gasteiger partial charge in [-0.2, -0.15) is 0 Å². The van der Waals surface area contributed by atoms with Gasteiger partial charge in [-0.05, 0) is 82.8 Å². The monoisotopic (exact) mass is 502 g/mol. The fraction of sp³-hybridized carbons (Fsp3) is 0.290. The second-order valence-corrected chi connectivity index (χ2v) is 10.9. The topological polar surface area (TPSA) is 83.8 Å². The van der Waals surface area contributed by atoms with Crippen molar-refractivity contribution in [2.45, 2.75) is 58.0 Å². The van der Waals surface area contributed by atoms with Crippen LogP contribution in [0.25, 0.3) is 6.08 Å². The number of rotatable bonds is 7. The predicted octanol–water partition coefficient (Wildman–Crippen LogP) is 7.05. The molecule has 3 aromatic carbocycles. The number of ether oxygens (including phenoxy) is 1. The molecule has 0 atom stereocenters. The van der Waals surface area contributed by atoms with Crippen LogP contribution in [0.4, 0.5) is 4.39 Å². The van der Waals surface area contributed by atoms with Crippen molar-refractivity contribution in [1.29, 1.82) is 0 Å². The van der Waals surface area contributed by atoms with Crippen molar-refractivity contribution < 1.29 is 28.9 Å². The van der Waals surface area contributed by atoms with Crippen LogP contribution in [0.3, 0.4) is 0 Å². The third-order valence-corrected chi connectivity index (χ3v) is 7.15. The van der Waals surface area contributed by atoms with Gasteiger partial charge in [0.05, 0.1) is 0 Å². The lowest BCUT2D eigenvalue weighted by atomic mass is 9.62. The average Bonchev–Trinajstić information content (AvgIpc) is 2.84. The van der Waals surface area contributed by atoms with E-state index in [1.54, 1.807) is 24.3 Å². The first-order chi connectivity index (χ1) is 17.4. The van der Waals surface area contributed by atoms with Gasteiger partial charge in [-0.3, -0.25) is 4.79 Å². The van der Waals surface area contributed by atoms with Crippen molar-refractivity contribution in [1.82, 2.24) is 0 Å². The number of aromatic hydroxyl groups is 1. The largest absolute Gasteiger partial charge is 0.507 e. The summed E-state index contributed by atoms with van der Waals surface area (Å²) in [6, 6.07) is 14.0. The highest BCUT2D eigenvalue weighted by Crippen LogP contribution is 2.50. The van der Waals surface area contributed by atoms with Crippen LogP contribution in [0.15, 0.2) is 60.7 Å². The van der Waals surface area contributed by atoms with Crippen molar-refractivity contribution >= 4 is 17.8 Å². The summed E-state index contributed by atoms with van der Waals surface area (Å²) < 4.78 is 19.6. The lowest BCUT2D eigenvalue weighted by molar-refractivity contribution is 0.0693. The lowest BCUT2D eigenvalue weighted by Crippen LogP contribution is -2.34. The van der Waals surface area contributed by atoms with Crippen LogP contribution in [-0.4, -0.2) is 22.0 Å². The summed E-state index contributed by atoms with van der Waals surface area (Å²) in [4.78, 5) is 24.4. The van der Waals surface area contributed by atoms with Gasteiger partial charge in [0, 0.05) is 11.1 Å². The lowest BCUT2D eigenvalue weighted by Gasteiger charge is -2.42. The van der Waals surface area contributed by atoms with Crippen molar-refractivity contribution in [3.8, 4) is 11.5 Å². The highest BCUT2D eigenvalue weighted by atomic mass is 19.1. The number of phenols is 1. The van der Waals surface area contributed by atoms with E-state index in [1.807, 2.05) is 6.07 Å². The molecule has 0 saturated carbocycles. The zero-order chi connectivity index (χ0) is 27.0. The molecule has 4 rings (SSSR count). The van der Waals surface area contributed by atoms with E-state index in [0.717, 1.165) is 29.5 Å². The third-order valence-electron chi connectivity index (χ3n) is 7.15. The quantitative estimate of drug-likeness (QED) is 0.267. The molecule has 0 fully saturated rings. The maximum absolute atomic E-state index is 13.4. The Morgan fingerprint density at radius 2 is 1.65 bits per heavy atom. The number of benzene rings is 3. The van der Waals surface area contributed by atoms with Gasteiger partial charge in [0.2, 0.25) is 0 Å². The molecule has 5 nitrogen and oxygen atoms in total. The van der Waals surface area contributed by atoms with Gasteiger partial charge in [-0.25, -0.2) is 9.18 Å². The minimum absolute atomic E-state index is 0.149. The molecule has 1 aliphatic carbocycles. The maximum Gasteiger partial charge on any atom is 0.339 e. The van der Waals surface area contributed by atoms with E-state index in [0.29, 0.717) is 16.9 Å². The van der Waals surface area contributed by atoms with Gasteiger partial charge in [0.25, 0.3) is 0 Å².